The average molecular weight is 430 g/mol. The molecular formula is C23H18N4O5. The number of phenols is 1. The van der Waals surface area contributed by atoms with E-state index in [2.05, 4.69) is 15.8 Å². The summed E-state index contributed by atoms with van der Waals surface area (Å²) in [5.74, 6) is -0.517. The third kappa shape index (κ3) is 4.41. The van der Waals surface area contributed by atoms with Crippen LogP contribution in [0.4, 0.5) is 17.1 Å². The van der Waals surface area contributed by atoms with Gasteiger partial charge in [-0.25, -0.2) is 0 Å². The number of rotatable bonds is 5. The summed E-state index contributed by atoms with van der Waals surface area (Å²) >= 11 is 0. The number of nitrogens with one attached hydrogen (secondary N) is 2. The fourth-order valence-electron chi connectivity index (χ4n) is 2.99. The molecule has 0 spiro atoms. The predicted molar refractivity (Wildman–Crippen MR) is 119 cm³/mol. The number of nitrogens with zero attached hydrogens (tertiary/aromatic N) is 2. The van der Waals surface area contributed by atoms with E-state index < -0.39 is 10.8 Å². The molecule has 1 amide bonds. The average Bonchev–Trinajstić information content (AvgIpc) is 2.79. The lowest BCUT2D eigenvalue weighted by Gasteiger charge is -2.08. The Kier molecular flexibility index (Phi) is 5.54. The second-order valence-electron chi connectivity index (χ2n) is 6.99. The second kappa shape index (κ2) is 8.60. The van der Waals surface area contributed by atoms with Gasteiger partial charge in [0.2, 0.25) is 5.55 Å². The second-order valence-corrected chi connectivity index (χ2v) is 6.99. The van der Waals surface area contributed by atoms with Crippen molar-refractivity contribution in [3.63, 3.8) is 0 Å². The summed E-state index contributed by atoms with van der Waals surface area (Å²) in [6.07, 6.45) is 0. The summed E-state index contributed by atoms with van der Waals surface area (Å²) in [6, 6.07) is 19.4. The van der Waals surface area contributed by atoms with Gasteiger partial charge >= 0.3 is 0 Å². The third-order valence-corrected chi connectivity index (χ3v) is 4.71. The summed E-state index contributed by atoms with van der Waals surface area (Å²) in [7, 11) is 0. The van der Waals surface area contributed by atoms with E-state index in [1.165, 1.54) is 30.3 Å². The molecule has 0 saturated heterocycles. The van der Waals surface area contributed by atoms with Gasteiger partial charge in [0.1, 0.15) is 16.9 Å². The van der Waals surface area contributed by atoms with Gasteiger partial charge in [0.05, 0.1) is 10.6 Å². The first-order valence-corrected chi connectivity index (χ1v) is 9.59. The van der Waals surface area contributed by atoms with Crippen molar-refractivity contribution in [1.29, 1.82) is 0 Å². The van der Waals surface area contributed by atoms with Crippen LogP contribution in [0, 0.1) is 17.0 Å². The zero-order valence-electron chi connectivity index (χ0n) is 16.9. The Morgan fingerprint density at radius 2 is 1.81 bits per heavy atom. The molecule has 32 heavy (non-hydrogen) atoms. The van der Waals surface area contributed by atoms with Crippen molar-refractivity contribution in [3.8, 4) is 5.75 Å². The molecule has 3 aromatic carbocycles. The van der Waals surface area contributed by atoms with Crippen LogP contribution >= 0.6 is 0 Å². The zero-order valence-corrected chi connectivity index (χ0v) is 16.9. The molecule has 9 nitrogen and oxygen atoms in total. The number of para-hydroxylation sites is 1. The normalized spacial score (nSPS) is 11.3. The van der Waals surface area contributed by atoms with Crippen LogP contribution in [0.25, 0.3) is 11.0 Å². The van der Waals surface area contributed by atoms with Crippen LogP contribution in [0.5, 0.6) is 5.75 Å². The molecule has 0 bridgehead atoms. The lowest BCUT2D eigenvalue weighted by molar-refractivity contribution is -0.384. The molecule has 0 unspecified atom stereocenters. The van der Waals surface area contributed by atoms with Crippen LogP contribution in [-0.2, 0) is 0 Å². The molecule has 1 heterocycles. The molecule has 160 valence electrons. The van der Waals surface area contributed by atoms with Crippen LogP contribution < -0.4 is 16.3 Å². The molecule has 1 aromatic heterocycles. The van der Waals surface area contributed by atoms with E-state index in [4.69, 9.17) is 4.42 Å². The van der Waals surface area contributed by atoms with Gasteiger partial charge in [-0.2, -0.15) is 0 Å². The highest BCUT2D eigenvalue weighted by atomic mass is 16.6. The van der Waals surface area contributed by atoms with Crippen molar-refractivity contribution < 1.29 is 19.2 Å². The van der Waals surface area contributed by atoms with Crippen LogP contribution in [0.1, 0.15) is 15.9 Å². The first kappa shape index (κ1) is 20.6. The first-order valence-electron chi connectivity index (χ1n) is 9.59. The van der Waals surface area contributed by atoms with E-state index in [1.807, 2.05) is 18.2 Å². The number of hydrogen-bond acceptors (Lipinski definition) is 7. The van der Waals surface area contributed by atoms with Crippen LogP contribution in [0.15, 0.2) is 82.3 Å². The maximum Gasteiger partial charge on any atom is 0.270 e. The van der Waals surface area contributed by atoms with E-state index in [9.17, 15) is 20.0 Å². The molecule has 0 radical (unpaired) electrons. The SMILES string of the molecule is Cc1ccc(NC(=O)c2cc3cc([N+](=O)[O-])ccc3oc2=NNc2ccccc2)cc1O. The number of aromatic hydroxyl groups is 1. The van der Waals surface area contributed by atoms with Crippen molar-refractivity contribution in [2.45, 2.75) is 6.92 Å². The number of amides is 1. The maximum absolute atomic E-state index is 13.0. The Hall–Kier alpha value is -4.66. The van der Waals surface area contributed by atoms with Gasteiger partial charge in [0.15, 0.2) is 0 Å². The van der Waals surface area contributed by atoms with Crippen molar-refractivity contribution in [1.82, 2.24) is 0 Å². The molecule has 3 N–H and O–H groups in total. The summed E-state index contributed by atoms with van der Waals surface area (Å²) < 4.78 is 5.79. The van der Waals surface area contributed by atoms with Gasteiger partial charge in [-0.05, 0) is 42.8 Å². The molecule has 0 saturated carbocycles. The lowest BCUT2D eigenvalue weighted by atomic mass is 10.1. The Morgan fingerprint density at radius 1 is 1.03 bits per heavy atom. The standard InChI is InChI=1S/C23H18N4O5/c1-14-7-8-17(13-20(14)28)24-22(29)19-12-15-11-18(27(30)31)9-10-21(15)32-23(19)26-25-16-5-3-2-4-6-16/h2-13,25,28H,1H3,(H,24,29). The Balaban J connectivity index is 1.79. The van der Waals surface area contributed by atoms with Gasteiger partial charge < -0.3 is 14.8 Å². The summed E-state index contributed by atoms with van der Waals surface area (Å²) in [5, 5.41) is 28.3. The van der Waals surface area contributed by atoms with E-state index >= 15 is 0 Å². The molecule has 4 aromatic rings. The highest BCUT2D eigenvalue weighted by molar-refractivity contribution is 6.05. The largest absolute Gasteiger partial charge is 0.508 e. The summed E-state index contributed by atoms with van der Waals surface area (Å²) in [5.41, 5.74) is 4.80. The molecule has 0 aliphatic carbocycles. The summed E-state index contributed by atoms with van der Waals surface area (Å²) in [4.78, 5) is 23.6. The number of benzene rings is 3. The lowest BCUT2D eigenvalue weighted by Crippen LogP contribution is -2.22. The van der Waals surface area contributed by atoms with Gasteiger partial charge in [-0.1, -0.05) is 24.3 Å². The molecular weight excluding hydrogens is 412 g/mol. The van der Waals surface area contributed by atoms with Crippen molar-refractivity contribution in [2.24, 2.45) is 5.10 Å². The topological polar surface area (TPSA) is 130 Å². The number of fused-ring (bicyclic) bond motifs is 1. The minimum absolute atomic E-state index is 0.0101. The van der Waals surface area contributed by atoms with Gasteiger partial charge in [0, 0.05) is 29.3 Å². The number of anilines is 2. The Labute approximate surface area is 181 Å². The minimum Gasteiger partial charge on any atom is -0.508 e. The zero-order chi connectivity index (χ0) is 22.7. The predicted octanol–water partition coefficient (Wildman–Crippen LogP) is 4.54. The molecule has 0 aliphatic heterocycles. The molecule has 0 aliphatic rings. The molecule has 0 atom stereocenters. The number of non-ortho nitro benzene ring substituents is 1. The smallest absolute Gasteiger partial charge is 0.270 e. The maximum atomic E-state index is 13.0. The number of carbonyl (C=O) groups excluding carboxylic acids is 1. The van der Waals surface area contributed by atoms with Gasteiger partial charge in [-0.15, -0.1) is 5.10 Å². The minimum atomic E-state index is -0.556. The van der Waals surface area contributed by atoms with Crippen LogP contribution in [0.3, 0.4) is 0 Å². The third-order valence-electron chi connectivity index (χ3n) is 4.71. The first-order chi connectivity index (χ1) is 15.4. The van der Waals surface area contributed by atoms with E-state index in [0.717, 1.165) is 0 Å². The summed E-state index contributed by atoms with van der Waals surface area (Å²) in [6.45, 7) is 1.74. The van der Waals surface area contributed by atoms with Crippen molar-refractivity contribution >= 4 is 33.9 Å². The number of carbonyl (C=O) groups is 1. The highest BCUT2D eigenvalue weighted by Gasteiger charge is 2.16. The highest BCUT2D eigenvalue weighted by Crippen LogP contribution is 2.23. The number of phenolic OH excluding ortho intramolecular Hbond substituents is 1. The molecule has 9 heteroatoms. The number of nitro groups is 1. The fourth-order valence-corrected chi connectivity index (χ4v) is 2.99. The fraction of sp³-hybridized carbons (Fsp3) is 0.0435. The van der Waals surface area contributed by atoms with Gasteiger partial charge in [0.25, 0.3) is 11.6 Å². The van der Waals surface area contributed by atoms with Crippen molar-refractivity contribution in [2.75, 3.05) is 10.7 Å². The van der Waals surface area contributed by atoms with Crippen LogP contribution in [0.2, 0.25) is 0 Å². The van der Waals surface area contributed by atoms with Gasteiger partial charge in [-0.3, -0.25) is 20.3 Å². The number of hydrogen-bond donors (Lipinski definition) is 3. The van der Waals surface area contributed by atoms with Crippen LogP contribution in [-0.4, -0.2) is 15.9 Å². The van der Waals surface area contributed by atoms with Crippen molar-refractivity contribution in [3.05, 3.63) is 99.6 Å². The number of nitro benzene ring substituents is 1. The Morgan fingerprint density at radius 3 is 2.53 bits per heavy atom. The van der Waals surface area contributed by atoms with E-state index in [-0.39, 0.29) is 22.6 Å². The quantitative estimate of drug-likeness (QED) is 0.315. The molecule has 4 rings (SSSR count). The van der Waals surface area contributed by atoms with E-state index in [0.29, 0.717) is 27.9 Å². The van der Waals surface area contributed by atoms with E-state index in [1.54, 1.807) is 31.2 Å². The number of aryl methyl sites for hydroxylation is 1. The molecule has 0 fully saturated rings. The Bertz CT molecular complexity index is 1400. The monoisotopic (exact) mass is 430 g/mol.